The number of rotatable bonds is 5. The molecule has 0 aliphatic heterocycles. The summed E-state index contributed by atoms with van der Waals surface area (Å²) in [6.45, 7) is 7.22. The predicted octanol–water partition coefficient (Wildman–Crippen LogP) is -1.97. The number of nitrogens with zero attached hydrogens (tertiary/aromatic N) is 1. The second-order valence-electron chi connectivity index (χ2n) is 1.98. The molecule has 0 aromatic heterocycles. The first-order valence-corrected chi connectivity index (χ1v) is 3.51. The first-order chi connectivity index (χ1) is 4.35. The van der Waals surface area contributed by atoms with E-state index in [0.717, 1.165) is 25.9 Å². The average molecular weight is 153 g/mol. The van der Waals surface area contributed by atoms with E-state index >= 15 is 0 Å². The smallest absolute Gasteiger partial charge is 1.00 e. The van der Waals surface area contributed by atoms with Crippen LogP contribution < -0.4 is 29.6 Å². The van der Waals surface area contributed by atoms with Crippen LogP contribution in [-0.2, 0) is 4.79 Å². The molecule has 0 amide bonds. The molecule has 0 saturated carbocycles. The van der Waals surface area contributed by atoms with Gasteiger partial charge in [0.15, 0.2) is 0 Å². The van der Waals surface area contributed by atoms with Crippen LogP contribution in [0.4, 0.5) is 0 Å². The van der Waals surface area contributed by atoms with E-state index in [4.69, 9.17) is 0 Å². The van der Waals surface area contributed by atoms with Crippen LogP contribution in [0.5, 0.6) is 0 Å². The molecular formula is C7H16NNaO. The number of hydrogen-bond acceptors (Lipinski definition) is 2. The van der Waals surface area contributed by atoms with Gasteiger partial charge in [-0.3, -0.25) is 0 Å². The van der Waals surface area contributed by atoms with Crippen molar-refractivity contribution in [3.8, 4) is 0 Å². The number of hydrogen-bond donors (Lipinski definition) is 0. The van der Waals surface area contributed by atoms with Crippen LogP contribution >= 0.6 is 0 Å². The summed E-state index contributed by atoms with van der Waals surface area (Å²) in [5, 5.41) is 0. The molecule has 0 saturated heterocycles. The monoisotopic (exact) mass is 153 g/mol. The maximum absolute atomic E-state index is 9.91. The Morgan fingerprint density at radius 3 is 2.20 bits per heavy atom. The molecule has 0 rings (SSSR count). The van der Waals surface area contributed by atoms with Crippen molar-refractivity contribution in [2.45, 2.75) is 20.3 Å². The topological polar surface area (TPSA) is 20.3 Å². The Morgan fingerprint density at radius 1 is 1.40 bits per heavy atom. The van der Waals surface area contributed by atoms with Crippen LogP contribution in [0.1, 0.15) is 21.7 Å². The molecule has 0 radical (unpaired) electrons. The van der Waals surface area contributed by atoms with Crippen LogP contribution in [0.25, 0.3) is 0 Å². The summed E-state index contributed by atoms with van der Waals surface area (Å²) in [6.07, 6.45) is 1.64. The van der Waals surface area contributed by atoms with E-state index in [1.54, 1.807) is 0 Å². The molecular weight excluding hydrogens is 137 g/mol. The van der Waals surface area contributed by atoms with Crippen molar-refractivity contribution < 1.29 is 35.8 Å². The van der Waals surface area contributed by atoms with E-state index in [1.807, 2.05) is 0 Å². The molecule has 0 aromatic carbocycles. The van der Waals surface area contributed by atoms with E-state index in [1.165, 1.54) is 0 Å². The van der Waals surface area contributed by atoms with Gasteiger partial charge in [0.2, 0.25) is 0 Å². The maximum atomic E-state index is 9.91. The largest absolute Gasteiger partial charge is 1.00 e. The number of carbonyl (C=O) groups excluding carboxylic acids is 1. The fourth-order valence-corrected chi connectivity index (χ4v) is 0.775. The quantitative estimate of drug-likeness (QED) is 0.337. The third kappa shape index (κ3) is 6.75. The van der Waals surface area contributed by atoms with Gasteiger partial charge < -0.3 is 11.1 Å². The van der Waals surface area contributed by atoms with Crippen molar-refractivity contribution in [1.82, 2.24) is 4.90 Å². The van der Waals surface area contributed by atoms with Crippen LogP contribution in [-0.4, -0.2) is 30.8 Å². The first-order valence-electron chi connectivity index (χ1n) is 3.51. The molecule has 0 atom stereocenters. The van der Waals surface area contributed by atoms with Gasteiger partial charge in [-0.25, -0.2) is 0 Å². The van der Waals surface area contributed by atoms with Gasteiger partial charge in [0.25, 0.3) is 0 Å². The maximum Gasteiger partial charge on any atom is 1.00 e. The minimum absolute atomic E-state index is 0. The van der Waals surface area contributed by atoms with Crippen LogP contribution in [0, 0.1) is 0 Å². The standard InChI is InChI=1S/C7H15NO.Na.H/c1-3-8(4-2)6-5-7-9;;/h7H,3-6H2,1-2H3;;/q;+1;-1. The van der Waals surface area contributed by atoms with Gasteiger partial charge in [-0.2, -0.15) is 0 Å². The van der Waals surface area contributed by atoms with Crippen molar-refractivity contribution in [3.05, 3.63) is 0 Å². The van der Waals surface area contributed by atoms with Crippen molar-refractivity contribution >= 4 is 6.29 Å². The van der Waals surface area contributed by atoms with Gasteiger partial charge in [0.05, 0.1) is 0 Å². The SMILES string of the molecule is CCN(CC)CCC=O.[H-].[Na+]. The number of carbonyl (C=O) groups is 1. The molecule has 0 aromatic rings. The Morgan fingerprint density at radius 2 is 1.90 bits per heavy atom. The van der Waals surface area contributed by atoms with E-state index in [2.05, 4.69) is 18.7 Å². The summed E-state index contributed by atoms with van der Waals surface area (Å²) in [5.74, 6) is 0. The molecule has 10 heavy (non-hydrogen) atoms. The van der Waals surface area contributed by atoms with Gasteiger partial charge in [0.1, 0.15) is 6.29 Å². The fourth-order valence-electron chi connectivity index (χ4n) is 0.775. The third-order valence-corrected chi connectivity index (χ3v) is 1.46. The molecule has 0 aliphatic carbocycles. The minimum atomic E-state index is 0. The van der Waals surface area contributed by atoms with Crippen molar-refractivity contribution in [2.75, 3.05) is 19.6 Å². The number of aldehydes is 1. The summed E-state index contributed by atoms with van der Waals surface area (Å²) in [4.78, 5) is 12.1. The van der Waals surface area contributed by atoms with Crippen molar-refractivity contribution in [2.24, 2.45) is 0 Å². The first kappa shape index (κ1) is 13.2. The third-order valence-electron chi connectivity index (χ3n) is 1.46. The van der Waals surface area contributed by atoms with Gasteiger partial charge in [-0.1, -0.05) is 13.8 Å². The van der Waals surface area contributed by atoms with Gasteiger partial charge in [-0.15, -0.1) is 0 Å². The van der Waals surface area contributed by atoms with E-state index in [9.17, 15) is 4.79 Å². The van der Waals surface area contributed by atoms with Gasteiger partial charge >= 0.3 is 29.6 Å². The Bertz CT molecular complexity index is 78.8. The van der Waals surface area contributed by atoms with Crippen LogP contribution in [0.15, 0.2) is 0 Å². The molecule has 0 aliphatic rings. The molecule has 0 unspecified atom stereocenters. The molecule has 56 valence electrons. The van der Waals surface area contributed by atoms with Crippen molar-refractivity contribution in [3.63, 3.8) is 0 Å². The normalized spacial score (nSPS) is 9.10. The van der Waals surface area contributed by atoms with Crippen LogP contribution in [0.2, 0.25) is 0 Å². The summed E-state index contributed by atoms with van der Waals surface area (Å²) in [7, 11) is 0. The van der Waals surface area contributed by atoms with Gasteiger partial charge in [0, 0.05) is 13.0 Å². The zero-order chi connectivity index (χ0) is 7.11. The molecule has 0 spiro atoms. The second kappa shape index (κ2) is 9.63. The van der Waals surface area contributed by atoms with E-state index < -0.39 is 0 Å². The molecule has 0 fully saturated rings. The molecule has 0 bridgehead atoms. The second-order valence-corrected chi connectivity index (χ2v) is 1.98. The summed E-state index contributed by atoms with van der Waals surface area (Å²) in [5.41, 5.74) is 0. The van der Waals surface area contributed by atoms with E-state index in [-0.39, 0.29) is 31.0 Å². The Kier molecular flexibility index (Phi) is 12.7. The fraction of sp³-hybridized carbons (Fsp3) is 0.857. The van der Waals surface area contributed by atoms with Crippen molar-refractivity contribution in [1.29, 1.82) is 0 Å². The summed E-state index contributed by atoms with van der Waals surface area (Å²) < 4.78 is 0. The summed E-state index contributed by atoms with van der Waals surface area (Å²) in [6, 6.07) is 0. The zero-order valence-electron chi connectivity index (χ0n) is 8.26. The zero-order valence-corrected chi connectivity index (χ0v) is 9.26. The average Bonchev–Trinajstić information content (AvgIpc) is 1.91. The molecule has 0 N–H and O–H groups in total. The van der Waals surface area contributed by atoms with Crippen LogP contribution in [0.3, 0.4) is 0 Å². The molecule has 2 nitrogen and oxygen atoms in total. The Hall–Kier alpha value is 0.630. The molecule has 0 heterocycles. The van der Waals surface area contributed by atoms with E-state index in [0.29, 0.717) is 6.42 Å². The Labute approximate surface area is 86.7 Å². The van der Waals surface area contributed by atoms with Gasteiger partial charge in [-0.05, 0) is 13.1 Å². The Balaban J connectivity index is -0.000000320. The summed E-state index contributed by atoms with van der Waals surface area (Å²) >= 11 is 0. The molecule has 3 heteroatoms. The predicted molar refractivity (Wildman–Crippen MR) is 39.6 cm³/mol. The minimum Gasteiger partial charge on any atom is -1.00 e.